The first-order chi connectivity index (χ1) is 20.4. The zero-order valence-electron chi connectivity index (χ0n) is 22.5. The third kappa shape index (κ3) is 8.58. The van der Waals surface area contributed by atoms with Gasteiger partial charge in [-0.05, 0) is 55.0 Å². The smallest absolute Gasteiger partial charge is 0.417 e. The lowest BCUT2D eigenvalue weighted by molar-refractivity contribution is 0.0504. The molecule has 0 aliphatic carbocycles. The molecule has 0 spiro atoms. The number of benzene rings is 4. The van der Waals surface area contributed by atoms with Crippen molar-refractivity contribution in [3.05, 3.63) is 109 Å². The fourth-order valence-corrected chi connectivity index (χ4v) is 3.51. The number of esters is 1. The van der Waals surface area contributed by atoms with E-state index in [4.69, 9.17) is 18.9 Å². The zero-order valence-corrected chi connectivity index (χ0v) is 22.5. The SMILES string of the molecule is CCCOC(=O)c1cc(OC(=O)Nc2ccccc2)c(OC(=O)Nc2ccccc2)c(OC(=O)Nc2ccccc2)c1. The first-order valence-electron chi connectivity index (χ1n) is 12.9. The number of carbonyl (C=O) groups excluding carboxylic acids is 4. The van der Waals surface area contributed by atoms with Crippen LogP contribution in [0.25, 0.3) is 0 Å². The lowest BCUT2D eigenvalue weighted by Crippen LogP contribution is -2.22. The molecule has 0 aromatic heterocycles. The predicted octanol–water partition coefficient (Wildman–Crippen LogP) is 7.09. The maximum absolute atomic E-state index is 12.9. The fourth-order valence-electron chi connectivity index (χ4n) is 3.51. The second-order valence-corrected chi connectivity index (χ2v) is 8.58. The lowest BCUT2D eigenvalue weighted by Gasteiger charge is -2.17. The second kappa shape index (κ2) is 14.5. The second-order valence-electron chi connectivity index (χ2n) is 8.58. The maximum Gasteiger partial charge on any atom is 0.417 e. The minimum atomic E-state index is -0.982. The van der Waals surface area contributed by atoms with Crippen LogP contribution in [0.4, 0.5) is 31.4 Å². The minimum Gasteiger partial charge on any atom is -0.462 e. The molecule has 42 heavy (non-hydrogen) atoms. The Bertz CT molecular complexity index is 1450. The van der Waals surface area contributed by atoms with Crippen molar-refractivity contribution in [1.29, 1.82) is 0 Å². The Morgan fingerprint density at radius 2 is 0.952 bits per heavy atom. The largest absolute Gasteiger partial charge is 0.462 e. The monoisotopic (exact) mass is 569 g/mol. The van der Waals surface area contributed by atoms with E-state index in [2.05, 4.69) is 16.0 Å². The van der Waals surface area contributed by atoms with E-state index in [0.717, 1.165) is 12.1 Å². The van der Waals surface area contributed by atoms with Crippen LogP contribution in [0, 0.1) is 0 Å². The first-order valence-corrected chi connectivity index (χ1v) is 12.9. The number of ether oxygens (including phenoxy) is 4. The van der Waals surface area contributed by atoms with E-state index in [1.807, 2.05) is 6.92 Å². The molecule has 4 aromatic rings. The lowest BCUT2D eigenvalue weighted by atomic mass is 10.2. The highest BCUT2D eigenvalue weighted by Gasteiger charge is 2.25. The molecule has 4 aromatic carbocycles. The molecule has 0 heterocycles. The van der Waals surface area contributed by atoms with Crippen LogP contribution < -0.4 is 30.2 Å². The van der Waals surface area contributed by atoms with Crippen LogP contribution in [0.5, 0.6) is 17.2 Å². The van der Waals surface area contributed by atoms with Gasteiger partial charge in [-0.15, -0.1) is 0 Å². The van der Waals surface area contributed by atoms with Gasteiger partial charge in [-0.1, -0.05) is 61.5 Å². The van der Waals surface area contributed by atoms with Gasteiger partial charge >= 0.3 is 24.2 Å². The first kappa shape index (κ1) is 29.2. The molecule has 0 aliphatic rings. The van der Waals surface area contributed by atoms with Crippen LogP contribution in [-0.4, -0.2) is 30.9 Å². The van der Waals surface area contributed by atoms with E-state index in [9.17, 15) is 19.2 Å². The molecule has 0 unspecified atom stereocenters. The topological polar surface area (TPSA) is 141 Å². The van der Waals surface area contributed by atoms with E-state index < -0.39 is 30.0 Å². The Balaban J connectivity index is 1.70. The summed E-state index contributed by atoms with van der Waals surface area (Å²) >= 11 is 0. The number of anilines is 3. The summed E-state index contributed by atoms with van der Waals surface area (Å²) in [6.45, 7) is 1.94. The van der Waals surface area contributed by atoms with Crippen LogP contribution in [-0.2, 0) is 4.74 Å². The Morgan fingerprint density at radius 1 is 0.571 bits per heavy atom. The highest BCUT2D eigenvalue weighted by molar-refractivity contribution is 5.95. The van der Waals surface area contributed by atoms with Gasteiger partial charge in [0, 0.05) is 17.1 Å². The highest BCUT2D eigenvalue weighted by atomic mass is 16.6. The van der Waals surface area contributed by atoms with E-state index >= 15 is 0 Å². The van der Waals surface area contributed by atoms with Gasteiger partial charge in [0.05, 0.1) is 12.2 Å². The number of amides is 3. The third-order valence-corrected chi connectivity index (χ3v) is 5.35. The molecule has 11 nitrogen and oxygen atoms in total. The molecule has 0 saturated heterocycles. The van der Waals surface area contributed by atoms with Gasteiger partial charge in [0.15, 0.2) is 11.5 Å². The van der Waals surface area contributed by atoms with E-state index in [1.54, 1.807) is 91.0 Å². The van der Waals surface area contributed by atoms with Crippen molar-refractivity contribution < 1.29 is 38.1 Å². The predicted molar refractivity (Wildman–Crippen MR) is 155 cm³/mol. The third-order valence-electron chi connectivity index (χ3n) is 5.35. The van der Waals surface area contributed by atoms with Crippen molar-refractivity contribution in [2.45, 2.75) is 13.3 Å². The molecule has 214 valence electrons. The van der Waals surface area contributed by atoms with E-state index in [-0.39, 0.29) is 23.7 Å². The Hall–Kier alpha value is -5.84. The number of para-hydroxylation sites is 3. The van der Waals surface area contributed by atoms with Gasteiger partial charge in [-0.25, -0.2) is 19.2 Å². The average molecular weight is 570 g/mol. The van der Waals surface area contributed by atoms with Crippen molar-refractivity contribution in [3.63, 3.8) is 0 Å². The summed E-state index contributed by atoms with van der Waals surface area (Å²) in [5.74, 6) is -2.00. The standard InChI is InChI=1S/C31H27N3O8/c1-2-18-39-28(35)21-19-25(40-29(36)32-22-12-6-3-7-13-22)27(42-31(38)34-24-16-10-5-11-17-24)26(20-21)41-30(37)33-23-14-8-4-9-15-23/h3-17,19-20H,2,18H2,1H3,(H,32,36)(H,33,37)(H,34,38). The molecule has 4 rings (SSSR count). The molecule has 0 atom stereocenters. The van der Waals surface area contributed by atoms with Crippen molar-refractivity contribution in [1.82, 2.24) is 0 Å². The number of hydrogen-bond acceptors (Lipinski definition) is 8. The number of hydrogen-bond donors (Lipinski definition) is 3. The van der Waals surface area contributed by atoms with E-state index in [1.165, 1.54) is 0 Å². The maximum atomic E-state index is 12.9. The summed E-state index contributed by atoms with van der Waals surface area (Å²) in [5.41, 5.74) is 1.13. The number of rotatable bonds is 9. The van der Waals surface area contributed by atoms with Crippen LogP contribution in [0.15, 0.2) is 103 Å². The van der Waals surface area contributed by atoms with Gasteiger partial charge in [0.2, 0.25) is 5.75 Å². The zero-order chi connectivity index (χ0) is 29.7. The summed E-state index contributed by atoms with van der Waals surface area (Å²) in [5, 5.41) is 7.60. The summed E-state index contributed by atoms with van der Waals surface area (Å²) < 4.78 is 21.6. The molecule has 3 amide bonds. The Labute approximate surface area is 241 Å². The number of nitrogens with one attached hydrogen (secondary N) is 3. The minimum absolute atomic E-state index is 0.117. The fraction of sp³-hybridized carbons (Fsp3) is 0.0968. The molecule has 0 fully saturated rings. The summed E-state index contributed by atoms with van der Waals surface area (Å²) in [6, 6.07) is 27.6. The molecule has 0 aliphatic heterocycles. The van der Waals surface area contributed by atoms with Gasteiger partial charge in [0.1, 0.15) is 0 Å². The number of carbonyl (C=O) groups is 4. The van der Waals surface area contributed by atoms with E-state index in [0.29, 0.717) is 23.5 Å². The normalized spacial score (nSPS) is 10.1. The summed E-state index contributed by atoms with van der Waals surface area (Å²) in [6.07, 6.45) is -2.36. The van der Waals surface area contributed by atoms with Gasteiger partial charge < -0.3 is 18.9 Å². The molecule has 11 heteroatoms. The van der Waals surface area contributed by atoms with Crippen LogP contribution >= 0.6 is 0 Å². The van der Waals surface area contributed by atoms with Crippen molar-refractivity contribution >= 4 is 41.3 Å². The molecule has 0 radical (unpaired) electrons. The Morgan fingerprint density at radius 3 is 1.33 bits per heavy atom. The van der Waals surface area contributed by atoms with Crippen LogP contribution in [0.3, 0.4) is 0 Å². The van der Waals surface area contributed by atoms with Gasteiger partial charge in [-0.3, -0.25) is 16.0 Å². The van der Waals surface area contributed by atoms with Crippen LogP contribution in [0.2, 0.25) is 0 Å². The molecule has 3 N–H and O–H groups in total. The summed E-state index contributed by atoms with van der Waals surface area (Å²) in [7, 11) is 0. The molecule has 0 saturated carbocycles. The molecule has 0 bridgehead atoms. The summed E-state index contributed by atoms with van der Waals surface area (Å²) in [4.78, 5) is 51.3. The Kier molecular flexibility index (Phi) is 10.1. The highest BCUT2D eigenvalue weighted by Crippen LogP contribution is 2.40. The van der Waals surface area contributed by atoms with Gasteiger partial charge in [0.25, 0.3) is 0 Å². The molecular weight excluding hydrogens is 542 g/mol. The van der Waals surface area contributed by atoms with Gasteiger partial charge in [-0.2, -0.15) is 0 Å². The average Bonchev–Trinajstić information content (AvgIpc) is 2.98. The molecular formula is C31H27N3O8. The quantitative estimate of drug-likeness (QED) is 0.182. The van der Waals surface area contributed by atoms with Crippen molar-refractivity contribution in [2.24, 2.45) is 0 Å². The van der Waals surface area contributed by atoms with Crippen LogP contribution in [0.1, 0.15) is 23.7 Å². The van der Waals surface area contributed by atoms with Crippen molar-refractivity contribution in [2.75, 3.05) is 22.6 Å². The van der Waals surface area contributed by atoms with Crippen molar-refractivity contribution in [3.8, 4) is 17.2 Å².